The number of hydrogen-bond acceptors (Lipinski definition) is 5. The molecule has 8 heteroatoms. The molecule has 0 bridgehead atoms. The second-order valence-corrected chi connectivity index (χ2v) is 5.84. The van der Waals surface area contributed by atoms with Gasteiger partial charge in [0.15, 0.2) is 5.82 Å². The molecular formula is C16H17N7O. The van der Waals surface area contributed by atoms with Gasteiger partial charge in [0, 0.05) is 37.6 Å². The van der Waals surface area contributed by atoms with E-state index >= 15 is 0 Å². The molecule has 1 atom stereocenters. The van der Waals surface area contributed by atoms with Gasteiger partial charge in [-0.25, -0.2) is 9.67 Å². The highest BCUT2D eigenvalue weighted by Crippen LogP contribution is 2.15. The van der Waals surface area contributed by atoms with Gasteiger partial charge in [-0.2, -0.15) is 5.10 Å². The van der Waals surface area contributed by atoms with Gasteiger partial charge in [0.25, 0.3) is 5.91 Å². The number of carbonyl (C=O) groups is 1. The highest BCUT2D eigenvalue weighted by Gasteiger charge is 2.23. The first-order valence-electron chi connectivity index (χ1n) is 7.86. The summed E-state index contributed by atoms with van der Waals surface area (Å²) in [5.41, 5.74) is 0.539. The van der Waals surface area contributed by atoms with Crippen LogP contribution in [0.3, 0.4) is 0 Å². The van der Waals surface area contributed by atoms with Crippen molar-refractivity contribution >= 4 is 5.91 Å². The van der Waals surface area contributed by atoms with Gasteiger partial charge in [-0.3, -0.25) is 4.79 Å². The Morgan fingerprint density at radius 3 is 3.00 bits per heavy atom. The quantitative estimate of drug-likeness (QED) is 0.774. The van der Waals surface area contributed by atoms with E-state index in [1.165, 1.54) is 0 Å². The standard InChI is InChI=1S/C16H17N7O/c1-11-20-21-15-6-4-13(10-22(11)15)19-16(24)12-3-5-14(17-9-12)23-8-2-7-18-23/h2-3,5,7-9,13H,4,6,10H2,1H3,(H,19,24). The maximum Gasteiger partial charge on any atom is 0.253 e. The van der Waals surface area contributed by atoms with Crippen LogP contribution in [0.2, 0.25) is 0 Å². The molecule has 1 aliphatic rings. The van der Waals surface area contributed by atoms with Crippen LogP contribution >= 0.6 is 0 Å². The highest BCUT2D eigenvalue weighted by atomic mass is 16.1. The van der Waals surface area contributed by atoms with Gasteiger partial charge in [0.05, 0.1) is 5.56 Å². The molecule has 8 nitrogen and oxygen atoms in total. The largest absolute Gasteiger partial charge is 0.347 e. The van der Waals surface area contributed by atoms with E-state index in [9.17, 15) is 4.79 Å². The lowest BCUT2D eigenvalue weighted by Crippen LogP contribution is -2.41. The molecule has 1 unspecified atom stereocenters. The fraction of sp³-hybridized carbons (Fsp3) is 0.312. The van der Waals surface area contributed by atoms with Crippen LogP contribution in [0.1, 0.15) is 28.4 Å². The average Bonchev–Trinajstić information content (AvgIpc) is 3.26. The number of carbonyl (C=O) groups excluding carboxylic acids is 1. The van der Waals surface area contributed by atoms with Crippen LogP contribution in [-0.4, -0.2) is 41.5 Å². The molecule has 24 heavy (non-hydrogen) atoms. The molecule has 0 saturated carbocycles. The lowest BCUT2D eigenvalue weighted by molar-refractivity contribution is 0.0927. The minimum absolute atomic E-state index is 0.0745. The number of fused-ring (bicyclic) bond motifs is 1. The van der Waals surface area contributed by atoms with E-state index < -0.39 is 0 Å². The predicted molar refractivity (Wildman–Crippen MR) is 85.7 cm³/mol. The summed E-state index contributed by atoms with van der Waals surface area (Å²) in [6.45, 7) is 2.64. The lowest BCUT2D eigenvalue weighted by Gasteiger charge is -2.24. The number of hydrogen-bond donors (Lipinski definition) is 1. The Morgan fingerprint density at radius 2 is 2.25 bits per heavy atom. The third kappa shape index (κ3) is 2.66. The van der Waals surface area contributed by atoms with E-state index in [2.05, 4.69) is 30.2 Å². The molecule has 0 fully saturated rings. The SMILES string of the molecule is Cc1nnc2n1CC(NC(=O)c1ccc(-n3cccn3)nc1)CC2. The summed E-state index contributed by atoms with van der Waals surface area (Å²) in [6, 6.07) is 5.44. The number of rotatable bonds is 3. The minimum atomic E-state index is -0.117. The zero-order valence-corrected chi connectivity index (χ0v) is 13.3. The summed E-state index contributed by atoms with van der Waals surface area (Å²) >= 11 is 0. The summed E-state index contributed by atoms with van der Waals surface area (Å²) in [4.78, 5) is 16.7. The monoisotopic (exact) mass is 323 g/mol. The van der Waals surface area contributed by atoms with E-state index in [0.717, 1.165) is 24.5 Å². The molecule has 122 valence electrons. The van der Waals surface area contributed by atoms with Crippen LogP contribution in [0.15, 0.2) is 36.8 Å². The molecule has 3 aromatic heterocycles. The van der Waals surface area contributed by atoms with Crippen LogP contribution < -0.4 is 5.32 Å². The molecule has 4 rings (SSSR count). The van der Waals surface area contributed by atoms with Crippen molar-refractivity contribution in [2.24, 2.45) is 0 Å². The van der Waals surface area contributed by atoms with Crippen LogP contribution in [0.4, 0.5) is 0 Å². The Balaban J connectivity index is 1.44. The van der Waals surface area contributed by atoms with Crippen molar-refractivity contribution < 1.29 is 4.79 Å². The summed E-state index contributed by atoms with van der Waals surface area (Å²) in [6.07, 6.45) is 6.76. The lowest BCUT2D eigenvalue weighted by atomic mass is 10.1. The number of nitrogens with zero attached hydrogens (tertiary/aromatic N) is 6. The van der Waals surface area contributed by atoms with Gasteiger partial charge in [-0.1, -0.05) is 0 Å². The molecule has 0 radical (unpaired) electrons. The van der Waals surface area contributed by atoms with Gasteiger partial charge in [-0.05, 0) is 31.5 Å². The molecular weight excluding hydrogens is 306 g/mol. The number of aromatic nitrogens is 6. The maximum absolute atomic E-state index is 12.4. The van der Waals surface area contributed by atoms with Crippen molar-refractivity contribution in [3.05, 3.63) is 54.0 Å². The Morgan fingerprint density at radius 1 is 1.33 bits per heavy atom. The van der Waals surface area contributed by atoms with Gasteiger partial charge in [0.2, 0.25) is 0 Å². The number of aryl methyl sites for hydroxylation is 2. The Labute approximate surface area is 138 Å². The molecule has 1 amide bonds. The van der Waals surface area contributed by atoms with Gasteiger partial charge in [0.1, 0.15) is 11.6 Å². The van der Waals surface area contributed by atoms with E-state index in [4.69, 9.17) is 0 Å². The highest BCUT2D eigenvalue weighted by molar-refractivity contribution is 5.94. The Kier molecular flexibility index (Phi) is 3.56. The Bertz CT molecular complexity index is 851. The van der Waals surface area contributed by atoms with Gasteiger partial charge in [-0.15, -0.1) is 10.2 Å². The molecule has 3 aromatic rings. The van der Waals surface area contributed by atoms with Crippen LogP contribution in [-0.2, 0) is 13.0 Å². The first-order chi connectivity index (χ1) is 11.7. The second kappa shape index (κ2) is 5.88. The van der Waals surface area contributed by atoms with Crippen molar-refractivity contribution in [1.29, 1.82) is 0 Å². The van der Waals surface area contributed by atoms with Crippen molar-refractivity contribution in [2.45, 2.75) is 32.4 Å². The molecule has 0 spiro atoms. The molecule has 1 aliphatic heterocycles. The normalized spacial score (nSPS) is 16.6. The third-order valence-electron chi connectivity index (χ3n) is 4.22. The van der Waals surface area contributed by atoms with Crippen molar-refractivity contribution in [1.82, 2.24) is 34.8 Å². The number of amides is 1. The predicted octanol–water partition coefficient (Wildman–Crippen LogP) is 0.912. The summed E-state index contributed by atoms with van der Waals surface area (Å²) < 4.78 is 3.71. The smallest absolute Gasteiger partial charge is 0.253 e. The molecule has 0 aromatic carbocycles. The van der Waals surface area contributed by atoms with Crippen LogP contribution in [0.25, 0.3) is 5.82 Å². The first-order valence-corrected chi connectivity index (χ1v) is 7.86. The molecule has 4 heterocycles. The van der Waals surface area contributed by atoms with E-state index in [1.54, 1.807) is 29.2 Å². The second-order valence-electron chi connectivity index (χ2n) is 5.84. The van der Waals surface area contributed by atoms with Crippen molar-refractivity contribution in [3.8, 4) is 5.82 Å². The van der Waals surface area contributed by atoms with Crippen LogP contribution in [0.5, 0.6) is 0 Å². The summed E-state index contributed by atoms with van der Waals surface area (Å²) in [7, 11) is 0. The molecule has 1 N–H and O–H groups in total. The van der Waals surface area contributed by atoms with E-state index in [-0.39, 0.29) is 11.9 Å². The summed E-state index contributed by atoms with van der Waals surface area (Å²) in [5, 5.41) is 15.4. The van der Waals surface area contributed by atoms with Crippen molar-refractivity contribution in [2.75, 3.05) is 0 Å². The average molecular weight is 323 g/mol. The maximum atomic E-state index is 12.4. The van der Waals surface area contributed by atoms with Crippen molar-refractivity contribution in [3.63, 3.8) is 0 Å². The van der Waals surface area contributed by atoms with Gasteiger partial charge < -0.3 is 9.88 Å². The van der Waals surface area contributed by atoms with Gasteiger partial charge >= 0.3 is 0 Å². The molecule has 0 aliphatic carbocycles. The fourth-order valence-electron chi connectivity index (χ4n) is 2.91. The zero-order valence-electron chi connectivity index (χ0n) is 13.3. The van der Waals surface area contributed by atoms with E-state index in [1.807, 2.05) is 19.2 Å². The zero-order chi connectivity index (χ0) is 16.5. The third-order valence-corrected chi connectivity index (χ3v) is 4.22. The molecule has 0 saturated heterocycles. The number of pyridine rings is 1. The minimum Gasteiger partial charge on any atom is -0.347 e. The summed E-state index contributed by atoms with van der Waals surface area (Å²) in [5.74, 6) is 2.44. The van der Waals surface area contributed by atoms with E-state index in [0.29, 0.717) is 17.9 Å². The number of nitrogens with one attached hydrogen (secondary N) is 1. The first kappa shape index (κ1) is 14.6. The van der Waals surface area contributed by atoms with Crippen LogP contribution in [0, 0.1) is 6.92 Å². The topological polar surface area (TPSA) is 90.5 Å². The fourth-order valence-corrected chi connectivity index (χ4v) is 2.91. The Hall–Kier alpha value is -3.03.